The Hall–Kier alpha value is -3.17. The van der Waals surface area contributed by atoms with Gasteiger partial charge >= 0.3 is 11.9 Å². The summed E-state index contributed by atoms with van der Waals surface area (Å²) >= 11 is 3.87. The molecule has 1 rings (SSSR count). The number of aliphatic carboxylic acids is 2. The molecule has 0 saturated heterocycles. The Kier molecular flexibility index (Phi) is 13.4. The minimum atomic E-state index is -1.35. The standard InChI is InChI=1S/C20H33N7O7S/c21-6-2-1-3-13(25-17(30)12(22)7-11-8-23-10-24-11)18(31)26-14(4-5-16(28)29)19(32)27-15(9-35)20(33)34/h8,10,12-15,35H,1-7,9,21-22H2,(H,23,24)(H,25,30)(H,26,31)(H,27,32)(H,28,29)(H,33,34). The number of carboxylic acid groups (broad SMARTS) is 2. The number of nitrogens with zero attached hydrogens (tertiary/aromatic N) is 1. The van der Waals surface area contributed by atoms with E-state index in [1.807, 2.05) is 0 Å². The van der Waals surface area contributed by atoms with E-state index in [2.05, 4.69) is 38.5 Å². The van der Waals surface area contributed by atoms with Gasteiger partial charge in [0.05, 0.1) is 12.4 Å². The molecule has 0 aromatic carbocycles. The first-order valence-corrected chi connectivity index (χ1v) is 11.6. The number of aromatic nitrogens is 2. The summed E-state index contributed by atoms with van der Waals surface area (Å²) in [4.78, 5) is 67.1. The number of carbonyl (C=O) groups is 5. The molecule has 3 amide bonds. The van der Waals surface area contributed by atoms with Gasteiger partial charge in [-0.05, 0) is 32.2 Å². The molecule has 0 spiro atoms. The lowest BCUT2D eigenvalue weighted by Crippen LogP contribution is -2.57. The molecule has 0 radical (unpaired) electrons. The predicted molar refractivity (Wildman–Crippen MR) is 127 cm³/mol. The maximum Gasteiger partial charge on any atom is 0.327 e. The highest BCUT2D eigenvalue weighted by molar-refractivity contribution is 7.80. The largest absolute Gasteiger partial charge is 0.481 e. The molecule has 0 aliphatic heterocycles. The number of rotatable bonds is 17. The van der Waals surface area contributed by atoms with Crippen molar-refractivity contribution in [1.29, 1.82) is 0 Å². The summed E-state index contributed by atoms with van der Waals surface area (Å²) < 4.78 is 0. The third kappa shape index (κ3) is 11.2. The Morgan fingerprint density at radius 2 is 1.57 bits per heavy atom. The van der Waals surface area contributed by atoms with Crippen molar-refractivity contribution in [3.8, 4) is 0 Å². The first-order valence-electron chi connectivity index (χ1n) is 11.0. The molecule has 0 aliphatic rings. The van der Waals surface area contributed by atoms with E-state index >= 15 is 0 Å². The molecule has 35 heavy (non-hydrogen) atoms. The maximum absolute atomic E-state index is 13.0. The second-order valence-corrected chi connectivity index (χ2v) is 8.17. The van der Waals surface area contributed by atoms with Gasteiger partial charge in [-0.15, -0.1) is 0 Å². The molecule has 1 aromatic heterocycles. The minimum Gasteiger partial charge on any atom is -0.481 e. The summed E-state index contributed by atoms with van der Waals surface area (Å²) in [6.07, 6.45) is 3.58. The van der Waals surface area contributed by atoms with Crippen LogP contribution in [0.1, 0.15) is 37.8 Å². The van der Waals surface area contributed by atoms with Gasteiger partial charge < -0.3 is 42.6 Å². The molecule has 4 atom stereocenters. The van der Waals surface area contributed by atoms with Crippen LogP contribution in [0.5, 0.6) is 0 Å². The van der Waals surface area contributed by atoms with Crippen LogP contribution in [0.15, 0.2) is 12.5 Å². The van der Waals surface area contributed by atoms with Crippen LogP contribution in [-0.4, -0.2) is 86.3 Å². The molecule has 1 heterocycles. The number of carboxylic acids is 2. The van der Waals surface area contributed by atoms with Crippen LogP contribution in [0.25, 0.3) is 0 Å². The number of thiol groups is 1. The Labute approximate surface area is 207 Å². The van der Waals surface area contributed by atoms with Gasteiger partial charge in [-0.3, -0.25) is 19.2 Å². The summed E-state index contributed by atoms with van der Waals surface area (Å²) in [6.45, 7) is 0.367. The highest BCUT2D eigenvalue weighted by atomic mass is 32.1. The average Bonchev–Trinajstić information content (AvgIpc) is 3.31. The number of unbranched alkanes of at least 4 members (excludes halogenated alkanes) is 1. The number of nitrogens with two attached hydrogens (primary N) is 2. The van der Waals surface area contributed by atoms with Crippen LogP contribution >= 0.6 is 12.6 Å². The third-order valence-electron chi connectivity index (χ3n) is 4.99. The lowest BCUT2D eigenvalue weighted by molar-refractivity contribution is -0.142. The number of carbonyl (C=O) groups excluding carboxylic acids is 3. The molecule has 0 bridgehead atoms. The first kappa shape index (κ1) is 29.9. The molecule has 14 nitrogen and oxygen atoms in total. The van der Waals surface area contributed by atoms with Gasteiger partial charge in [0.2, 0.25) is 17.7 Å². The maximum atomic E-state index is 13.0. The SMILES string of the molecule is NCCCCC(NC(=O)C(N)Cc1cnc[nH]1)C(=O)NC(CCC(=O)O)C(=O)NC(CS)C(=O)O. The summed E-state index contributed by atoms with van der Waals surface area (Å²) in [5.74, 6) is -5.00. The lowest BCUT2D eigenvalue weighted by atomic mass is 10.0. The molecule has 1 aromatic rings. The Balaban J connectivity index is 2.94. The zero-order valence-electron chi connectivity index (χ0n) is 19.1. The van der Waals surface area contributed by atoms with Crippen molar-refractivity contribution in [2.24, 2.45) is 11.5 Å². The Morgan fingerprint density at radius 1 is 0.971 bits per heavy atom. The van der Waals surface area contributed by atoms with Crippen molar-refractivity contribution < 1.29 is 34.2 Å². The van der Waals surface area contributed by atoms with E-state index in [0.717, 1.165) is 0 Å². The van der Waals surface area contributed by atoms with Gasteiger partial charge in [0, 0.05) is 30.5 Å². The zero-order valence-corrected chi connectivity index (χ0v) is 20.0. The highest BCUT2D eigenvalue weighted by Gasteiger charge is 2.30. The summed E-state index contributed by atoms with van der Waals surface area (Å²) in [7, 11) is 0. The van der Waals surface area contributed by atoms with Crippen LogP contribution in [0.2, 0.25) is 0 Å². The topological polar surface area (TPSA) is 243 Å². The van der Waals surface area contributed by atoms with Gasteiger partial charge in [-0.2, -0.15) is 12.6 Å². The van der Waals surface area contributed by atoms with E-state index in [1.54, 1.807) is 0 Å². The Morgan fingerprint density at radius 3 is 2.09 bits per heavy atom. The number of hydrogen-bond acceptors (Lipinski definition) is 9. The monoisotopic (exact) mass is 515 g/mol. The van der Waals surface area contributed by atoms with Crippen LogP contribution in [0.3, 0.4) is 0 Å². The molecular formula is C20H33N7O7S. The van der Waals surface area contributed by atoms with Crippen LogP contribution < -0.4 is 27.4 Å². The van der Waals surface area contributed by atoms with Crippen LogP contribution in [0, 0.1) is 0 Å². The molecule has 0 fully saturated rings. The molecule has 0 aliphatic carbocycles. The second kappa shape index (κ2) is 15.7. The van der Waals surface area contributed by atoms with E-state index in [0.29, 0.717) is 25.1 Å². The summed E-state index contributed by atoms with van der Waals surface area (Å²) in [5, 5.41) is 25.3. The lowest BCUT2D eigenvalue weighted by Gasteiger charge is -2.25. The molecule has 10 N–H and O–H groups in total. The molecule has 196 valence electrons. The van der Waals surface area contributed by atoms with Crippen molar-refractivity contribution in [3.63, 3.8) is 0 Å². The van der Waals surface area contributed by atoms with Gasteiger partial charge in [0.15, 0.2) is 0 Å². The van der Waals surface area contributed by atoms with Crippen molar-refractivity contribution >= 4 is 42.3 Å². The zero-order chi connectivity index (χ0) is 26.4. The number of hydrogen-bond donors (Lipinski definition) is 9. The Bertz CT molecular complexity index is 853. The number of amides is 3. The van der Waals surface area contributed by atoms with Crippen LogP contribution in [-0.2, 0) is 30.4 Å². The third-order valence-corrected chi connectivity index (χ3v) is 5.35. The van der Waals surface area contributed by atoms with Gasteiger partial charge in [-0.1, -0.05) is 0 Å². The van der Waals surface area contributed by atoms with Gasteiger partial charge in [0.1, 0.15) is 18.1 Å². The fourth-order valence-corrected chi connectivity index (χ4v) is 3.28. The van der Waals surface area contributed by atoms with Crippen molar-refractivity contribution in [3.05, 3.63) is 18.2 Å². The average molecular weight is 516 g/mol. The molecule has 15 heteroatoms. The number of aromatic amines is 1. The quantitative estimate of drug-likeness (QED) is 0.0796. The van der Waals surface area contributed by atoms with Crippen molar-refractivity contribution in [2.45, 2.75) is 62.7 Å². The molecule has 0 saturated carbocycles. The normalized spacial score (nSPS) is 14.3. The predicted octanol–water partition coefficient (Wildman–Crippen LogP) is -2.26. The van der Waals surface area contributed by atoms with Crippen molar-refractivity contribution in [1.82, 2.24) is 25.9 Å². The number of nitrogens with one attached hydrogen (secondary N) is 4. The highest BCUT2D eigenvalue weighted by Crippen LogP contribution is 2.06. The summed E-state index contributed by atoms with van der Waals surface area (Å²) in [6, 6.07) is -4.76. The fourth-order valence-electron chi connectivity index (χ4n) is 3.03. The smallest absolute Gasteiger partial charge is 0.327 e. The van der Waals surface area contributed by atoms with Gasteiger partial charge in [-0.25, -0.2) is 9.78 Å². The van der Waals surface area contributed by atoms with E-state index in [-0.39, 0.29) is 25.0 Å². The van der Waals surface area contributed by atoms with E-state index in [4.69, 9.17) is 21.7 Å². The number of imidazole rings is 1. The van der Waals surface area contributed by atoms with E-state index < -0.39 is 60.2 Å². The number of H-pyrrole nitrogens is 1. The fraction of sp³-hybridized carbons (Fsp3) is 0.600. The summed E-state index contributed by atoms with van der Waals surface area (Å²) in [5.41, 5.74) is 12.1. The molecular weight excluding hydrogens is 482 g/mol. The molecule has 4 unspecified atom stereocenters. The van der Waals surface area contributed by atoms with Gasteiger partial charge in [0.25, 0.3) is 0 Å². The second-order valence-electron chi connectivity index (χ2n) is 7.81. The minimum absolute atomic E-state index is 0.146. The van der Waals surface area contributed by atoms with E-state index in [9.17, 15) is 24.0 Å². The first-order chi connectivity index (χ1) is 16.6. The van der Waals surface area contributed by atoms with Crippen molar-refractivity contribution in [2.75, 3.05) is 12.3 Å². The van der Waals surface area contributed by atoms with E-state index in [1.165, 1.54) is 12.5 Å². The van der Waals surface area contributed by atoms with Crippen LogP contribution in [0.4, 0.5) is 0 Å².